The minimum absolute atomic E-state index is 0.251. The standard InChI is InChI=1S/C12H14FN3/c1-7(8-5-14-6-8)12-15-10-4-2-3-9(13)11(10)16-12/h2-4,7-8,14H,5-6H2,1H3,(H,15,16). The Kier molecular flexibility index (Phi) is 2.17. The normalized spacial score (nSPS) is 18.6. The molecule has 1 aromatic carbocycles. The molecule has 2 aromatic rings. The molecule has 2 heterocycles. The molecule has 0 amide bonds. The Morgan fingerprint density at radius 1 is 1.44 bits per heavy atom. The third-order valence-electron chi connectivity index (χ3n) is 3.43. The number of imidazole rings is 1. The number of benzene rings is 1. The zero-order valence-corrected chi connectivity index (χ0v) is 9.13. The number of rotatable bonds is 2. The van der Waals surface area contributed by atoms with Crippen molar-refractivity contribution in [2.75, 3.05) is 13.1 Å². The van der Waals surface area contributed by atoms with Crippen LogP contribution in [0.1, 0.15) is 18.7 Å². The SMILES string of the molecule is CC(c1nc2c(F)cccc2[nH]1)C1CNC1. The number of hydrogen-bond donors (Lipinski definition) is 2. The monoisotopic (exact) mass is 219 g/mol. The molecule has 1 saturated heterocycles. The third-order valence-corrected chi connectivity index (χ3v) is 3.43. The highest BCUT2D eigenvalue weighted by molar-refractivity contribution is 5.75. The molecule has 1 unspecified atom stereocenters. The van der Waals surface area contributed by atoms with E-state index in [1.54, 1.807) is 6.07 Å². The van der Waals surface area contributed by atoms with E-state index in [0.717, 1.165) is 24.4 Å². The fourth-order valence-corrected chi connectivity index (χ4v) is 2.12. The molecule has 1 aliphatic rings. The summed E-state index contributed by atoms with van der Waals surface area (Å²) < 4.78 is 13.5. The molecule has 4 heteroatoms. The van der Waals surface area contributed by atoms with E-state index in [1.807, 2.05) is 6.07 Å². The minimum Gasteiger partial charge on any atom is -0.342 e. The van der Waals surface area contributed by atoms with Gasteiger partial charge in [0, 0.05) is 5.92 Å². The molecular weight excluding hydrogens is 205 g/mol. The van der Waals surface area contributed by atoms with E-state index in [2.05, 4.69) is 22.2 Å². The highest BCUT2D eigenvalue weighted by Gasteiger charge is 2.27. The van der Waals surface area contributed by atoms with Gasteiger partial charge in [-0.3, -0.25) is 0 Å². The summed E-state index contributed by atoms with van der Waals surface area (Å²) in [6, 6.07) is 5.01. The Bertz CT molecular complexity index is 516. The molecule has 3 nitrogen and oxygen atoms in total. The van der Waals surface area contributed by atoms with Crippen molar-refractivity contribution in [2.45, 2.75) is 12.8 Å². The summed E-state index contributed by atoms with van der Waals surface area (Å²) in [4.78, 5) is 7.56. The first kappa shape index (κ1) is 9.78. The number of aromatic nitrogens is 2. The van der Waals surface area contributed by atoms with Crippen LogP contribution in [0.2, 0.25) is 0 Å². The quantitative estimate of drug-likeness (QED) is 0.811. The molecule has 1 aliphatic heterocycles. The van der Waals surface area contributed by atoms with Crippen LogP contribution in [0.5, 0.6) is 0 Å². The fraction of sp³-hybridized carbons (Fsp3) is 0.417. The van der Waals surface area contributed by atoms with Crippen molar-refractivity contribution in [1.29, 1.82) is 0 Å². The van der Waals surface area contributed by atoms with Crippen LogP contribution in [0.3, 0.4) is 0 Å². The maximum Gasteiger partial charge on any atom is 0.151 e. The lowest BCUT2D eigenvalue weighted by Gasteiger charge is -2.31. The second kappa shape index (κ2) is 3.56. The molecule has 1 atom stereocenters. The van der Waals surface area contributed by atoms with Gasteiger partial charge in [0.25, 0.3) is 0 Å². The lowest BCUT2D eigenvalue weighted by atomic mass is 9.88. The first-order valence-corrected chi connectivity index (χ1v) is 5.60. The Morgan fingerprint density at radius 3 is 2.88 bits per heavy atom. The minimum atomic E-state index is -0.251. The van der Waals surface area contributed by atoms with E-state index in [1.165, 1.54) is 6.07 Å². The van der Waals surface area contributed by atoms with Crippen LogP contribution in [0.15, 0.2) is 18.2 Å². The summed E-state index contributed by atoms with van der Waals surface area (Å²) in [5, 5.41) is 3.24. The summed E-state index contributed by atoms with van der Waals surface area (Å²) in [6.45, 7) is 4.20. The van der Waals surface area contributed by atoms with Gasteiger partial charge in [0.05, 0.1) is 5.52 Å². The number of nitrogens with zero attached hydrogens (tertiary/aromatic N) is 1. The molecule has 1 fully saturated rings. The summed E-state index contributed by atoms with van der Waals surface area (Å²) in [6.07, 6.45) is 0. The van der Waals surface area contributed by atoms with E-state index in [9.17, 15) is 4.39 Å². The molecule has 0 saturated carbocycles. The van der Waals surface area contributed by atoms with Crippen LogP contribution in [0, 0.1) is 11.7 Å². The molecule has 16 heavy (non-hydrogen) atoms. The first-order valence-electron chi connectivity index (χ1n) is 5.60. The summed E-state index contributed by atoms with van der Waals surface area (Å²) in [7, 11) is 0. The van der Waals surface area contributed by atoms with Crippen LogP contribution in [-0.2, 0) is 0 Å². The number of fused-ring (bicyclic) bond motifs is 1. The summed E-state index contributed by atoms with van der Waals surface area (Å²) >= 11 is 0. The van der Waals surface area contributed by atoms with E-state index >= 15 is 0 Å². The zero-order valence-electron chi connectivity index (χ0n) is 9.13. The number of H-pyrrole nitrogens is 1. The smallest absolute Gasteiger partial charge is 0.151 e. The lowest BCUT2D eigenvalue weighted by molar-refractivity contribution is 0.297. The van der Waals surface area contributed by atoms with Crippen LogP contribution in [-0.4, -0.2) is 23.1 Å². The van der Waals surface area contributed by atoms with Crippen molar-refractivity contribution >= 4 is 11.0 Å². The molecule has 3 rings (SSSR count). The number of nitrogens with one attached hydrogen (secondary N) is 2. The van der Waals surface area contributed by atoms with Gasteiger partial charge in [0.2, 0.25) is 0 Å². The molecule has 0 aliphatic carbocycles. The first-order chi connectivity index (χ1) is 7.75. The van der Waals surface area contributed by atoms with Crippen LogP contribution in [0.4, 0.5) is 4.39 Å². The van der Waals surface area contributed by atoms with Crippen LogP contribution in [0.25, 0.3) is 11.0 Å². The number of aromatic amines is 1. The maximum absolute atomic E-state index is 13.5. The van der Waals surface area contributed by atoms with E-state index in [0.29, 0.717) is 17.4 Å². The maximum atomic E-state index is 13.5. The Morgan fingerprint density at radius 2 is 2.25 bits per heavy atom. The Hall–Kier alpha value is -1.42. The average Bonchev–Trinajstić information content (AvgIpc) is 2.60. The van der Waals surface area contributed by atoms with Crippen LogP contribution < -0.4 is 5.32 Å². The second-order valence-electron chi connectivity index (χ2n) is 4.47. The van der Waals surface area contributed by atoms with Crippen molar-refractivity contribution in [3.8, 4) is 0 Å². The van der Waals surface area contributed by atoms with Gasteiger partial charge >= 0.3 is 0 Å². The van der Waals surface area contributed by atoms with Crippen molar-refractivity contribution in [3.05, 3.63) is 29.8 Å². The average molecular weight is 219 g/mol. The van der Waals surface area contributed by atoms with Crippen LogP contribution >= 0.6 is 0 Å². The van der Waals surface area contributed by atoms with Gasteiger partial charge in [-0.25, -0.2) is 9.37 Å². The van der Waals surface area contributed by atoms with Gasteiger partial charge in [-0.05, 0) is 31.1 Å². The van der Waals surface area contributed by atoms with Gasteiger partial charge in [0.1, 0.15) is 11.3 Å². The fourth-order valence-electron chi connectivity index (χ4n) is 2.12. The predicted octanol–water partition coefficient (Wildman–Crippen LogP) is 2.02. The molecule has 0 radical (unpaired) electrons. The van der Waals surface area contributed by atoms with E-state index in [4.69, 9.17) is 0 Å². The number of hydrogen-bond acceptors (Lipinski definition) is 2. The molecule has 0 bridgehead atoms. The van der Waals surface area contributed by atoms with Gasteiger partial charge in [-0.15, -0.1) is 0 Å². The molecule has 2 N–H and O–H groups in total. The molecule has 1 aromatic heterocycles. The highest BCUT2D eigenvalue weighted by Crippen LogP contribution is 2.27. The summed E-state index contributed by atoms with van der Waals surface area (Å²) in [5.74, 6) is 1.61. The van der Waals surface area contributed by atoms with Crippen molar-refractivity contribution < 1.29 is 4.39 Å². The zero-order chi connectivity index (χ0) is 11.1. The number of halogens is 1. The largest absolute Gasteiger partial charge is 0.342 e. The Labute approximate surface area is 93.1 Å². The van der Waals surface area contributed by atoms with Crippen molar-refractivity contribution in [1.82, 2.24) is 15.3 Å². The third kappa shape index (κ3) is 1.41. The molecular formula is C12H14FN3. The highest BCUT2D eigenvalue weighted by atomic mass is 19.1. The summed E-state index contributed by atoms with van der Waals surface area (Å²) in [5.41, 5.74) is 1.24. The topological polar surface area (TPSA) is 40.7 Å². The number of para-hydroxylation sites is 1. The molecule has 84 valence electrons. The molecule has 0 spiro atoms. The van der Waals surface area contributed by atoms with E-state index < -0.39 is 0 Å². The van der Waals surface area contributed by atoms with Gasteiger partial charge in [-0.1, -0.05) is 13.0 Å². The lowest BCUT2D eigenvalue weighted by Crippen LogP contribution is -2.44. The predicted molar refractivity (Wildman–Crippen MR) is 60.8 cm³/mol. The Balaban J connectivity index is 2.01. The van der Waals surface area contributed by atoms with Gasteiger partial charge in [-0.2, -0.15) is 0 Å². The van der Waals surface area contributed by atoms with Crippen molar-refractivity contribution in [3.63, 3.8) is 0 Å². The van der Waals surface area contributed by atoms with Gasteiger partial charge < -0.3 is 10.3 Å². The van der Waals surface area contributed by atoms with Gasteiger partial charge in [0.15, 0.2) is 5.82 Å². The second-order valence-corrected chi connectivity index (χ2v) is 4.47. The van der Waals surface area contributed by atoms with Crippen molar-refractivity contribution in [2.24, 2.45) is 5.92 Å². The van der Waals surface area contributed by atoms with E-state index in [-0.39, 0.29) is 5.82 Å².